The highest BCUT2D eigenvalue weighted by molar-refractivity contribution is 5.73. The molecular weight excluding hydrogens is 353 g/mol. The first-order chi connectivity index (χ1) is 12.3. The van der Waals surface area contributed by atoms with Crippen LogP contribution in [0.4, 0.5) is 13.2 Å². The second kappa shape index (κ2) is 9.18. The molecule has 3 rings (SSSR count). The molecule has 0 bridgehead atoms. The van der Waals surface area contributed by atoms with Gasteiger partial charge in [-0.25, -0.2) is 4.79 Å². The molecule has 1 aliphatic heterocycles. The molecule has 26 heavy (non-hydrogen) atoms. The van der Waals surface area contributed by atoms with Gasteiger partial charge in [0.05, 0.1) is 6.20 Å². The molecular formula is C17H23F3N2O4. The Morgan fingerprint density at radius 3 is 2.65 bits per heavy atom. The molecule has 0 aromatic carbocycles. The van der Waals surface area contributed by atoms with Crippen LogP contribution < -0.4 is 10.1 Å². The van der Waals surface area contributed by atoms with Crippen molar-refractivity contribution in [2.75, 3.05) is 26.9 Å². The lowest BCUT2D eigenvalue weighted by Crippen LogP contribution is -2.46. The summed E-state index contributed by atoms with van der Waals surface area (Å²) in [6.45, 7) is 2.73. The van der Waals surface area contributed by atoms with E-state index in [1.54, 1.807) is 7.11 Å². The van der Waals surface area contributed by atoms with Crippen molar-refractivity contribution < 1.29 is 32.5 Å². The van der Waals surface area contributed by atoms with Crippen LogP contribution in [-0.2, 0) is 9.53 Å². The van der Waals surface area contributed by atoms with Crippen molar-refractivity contribution in [3.05, 3.63) is 24.0 Å². The van der Waals surface area contributed by atoms with Crippen LogP contribution in [0, 0.1) is 5.92 Å². The van der Waals surface area contributed by atoms with E-state index in [1.807, 2.05) is 12.4 Å². The molecule has 1 saturated heterocycles. The number of carboxylic acid groups (broad SMARTS) is 1. The molecule has 1 aromatic heterocycles. The van der Waals surface area contributed by atoms with Crippen molar-refractivity contribution >= 4 is 5.97 Å². The van der Waals surface area contributed by atoms with E-state index in [1.165, 1.54) is 18.4 Å². The molecule has 146 valence electrons. The minimum absolute atomic E-state index is 0.527. The van der Waals surface area contributed by atoms with E-state index in [0.29, 0.717) is 12.0 Å². The maximum absolute atomic E-state index is 10.6. The van der Waals surface area contributed by atoms with E-state index < -0.39 is 12.1 Å². The Morgan fingerprint density at radius 1 is 1.42 bits per heavy atom. The first kappa shape index (κ1) is 20.4. The van der Waals surface area contributed by atoms with Crippen LogP contribution in [0.2, 0.25) is 0 Å². The number of aliphatic carboxylic acids is 1. The predicted molar refractivity (Wildman–Crippen MR) is 87.2 cm³/mol. The lowest BCUT2D eigenvalue weighted by Gasteiger charge is -2.27. The van der Waals surface area contributed by atoms with E-state index in [4.69, 9.17) is 19.4 Å². The number of methoxy groups -OCH3 is 1. The number of hydrogen-bond acceptors (Lipinski definition) is 5. The van der Waals surface area contributed by atoms with Crippen LogP contribution in [0.3, 0.4) is 0 Å². The van der Waals surface area contributed by atoms with Gasteiger partial charge in [0, 0.05) is 26.0 Å². The number of nitrogens with one attached hydrogen (secondary N) is 1. The zero-order valence-corrected chi connectivity index (χ0v) is 14.5. The largest absolute Gasteiger partial charge is 0.490 e. The van der Waals surface area contributed by atoms with Gasteiger partial charge in [-0.3, -0.25) is 4.98 Å². The quantitative estimate of drug-likeness (QED) is 0.761. The van der Waals surface area contributed by atoms with Crippen LogP contribution in [0.25, 0.3) is 0 Å². The highest BCUT2D eigenvalue weighted by atomic mass is 19.4. The Morgan fingerprint density at radius 2 is 2.12 bits per heavy atom. The molecule has 6 nitrogen and oxygen atoms in total. The number of ether oxygens (including phenoxy) is 2. The zero-order valence-electron chi connectivity index (χ0n) is 14.5. The summed E-state index contributed by atoms with van der Waals surface area (Å²) in [4.78, 5) is 13.2. The standard InChI is InChI=1S/C15H22N2O2.C2HF3O2/c1-18-5-3-11-7-15(11)12-6-14(9-16-8-12)19-10-13-2-4-17-13;3-2(4,5)1(6)7/h6,8-9,11,13,15,17H,2-5,7,10H2,1H3;(H,6,7)/t11-,13+,15-;/m1./s1. The van der Waals surface area contributed by atoms with Gasteiger partial charge in [0.15, 0.2) is 0 Å². The summed E-state index contributed by atoms with van der Waals surface area (Å²) < 4.78 is 42.7. The number of rotatable bonds is 7. The Hall–Kier alpha value is -1.87. The lowest BCUT2D eigenvalue weighted by atomic mass is 10.1. The van der Waals surface area contributed by atoms with Gasteiger partial charge in [0.25, 0.3) is 0 Å². The van der Waals surface area contributed by atoms with E-state index in [0.717, 1.165) is 37.8 Å². The fourth-order valence-corrected chi connectivity index (χ4v) is 2.65. The van der Waals surface area contributed by atoms with E-state index in [2.05, 4.69) is 16.4 Å². The Balaban J connectivity index is 0.000000298. The molecule has 1 aliphatic carbocycles. The number of carbonyl (C=O) groups is 1. The average molecular weight is 376 g/mol. The molecule has 2 aliphatic rings. The number of aromatic nitrogens is 1. The predicted octanol–water partition coefficient (Wildman–Crippen LogP) is 2.60. The second-order valence-electron chi connectivity index (χ2n) is 6.39. The Kier molecular flexibility index (Phi) is 7.22. The molecule has 1 saturated carbocycles. The van der Waals surface area contributed by atoms with Crippen molar-refractivity contribution in [2.24, 2.45) is 5.92 Å². The third kappa shape index (κ3) is 6.45. The summed E-state index contributed by atoms with van der Waals surface area (Å²) in [7, 11) is 1.77. The molecule has 0 spiro atoms. The number of nitrogens with zero attached hydrogens (tertiary/aromatic N) is 1. The summed E-state index contributed by atoms with van der Waals surface area (Å²) >= 11 is 0. The number of halogens is 3. The monoisotopic (exact) mass is 376 g/mol. The van der Waals surface area contributed by atoms with Crippen LogP contribution in [-0.4, -0.2) is 55.1 Å². The molecule has 2 fully saturated rings. The van der Waals surface area contributed by atoms with E-state index in [9.17, 15) is 13.2 Å². The lowest BCUT2D eigenvalue weighted by molar-refractivity contribution is -0.192. The molecule has 1 aromatic rings. The number of carboxylic acids is 1. The number of hydrogen-bond donors (Lipinski definition) is 2. The minimum atomic E-state index is -5.08. The fraction of sp³-hybridized carbons (Fsp3) is 0.647. The van der Waals surface area contributed by atoms with Crippen molar-refractivity contribution in [1.82, 2.24) is 10.3 Å². The Labute approximate surface area is 149 Å². The van der Waals surface area contributed by atoms with Crippen LogP contribution in [0.1, 0.15) is 30.7 Å². The molecule has 0 amide bonds. The van der Waals surface area contributed by atoms with Crippen molar-refractivity contribution in [3.63, 3.8) is 0 Å². The Bertz CT molecular complexity index is 594. The minimum Gasteiger partial charge on any atom is -0.490 e. The van der Waals surface area contributed by atoms with Crippen LogP contribution >= 0.6 is 0 Å². The summed E-state index contributed by atoms with van der Waals surface area (Å²) in [6.07, 6.45) is 2.34. The smallest absolute Gasteiger partial charge is 0.490 e. The van der Waals surface area contributed by atoms with Crippen LogP contribution in [0.15, 0.2) is 18.5 Å². The van der Waals surface area contributed by atoms with Crippen LogP contribution in [0.5, 0.6) is 5.75 Å². The van der Waals surface area contributed by atoms with Gasteiger partial charge in [0.2, 0.25) is 0 Å². The van der Waals surface area contributed by atoms with Gasteiger partial charge in [-0.05, 0) is 49.3 Å². The third-order valence-corrected chi connectivity index (χ3v) is 4.40. The first-order valence-corrected chi connectivity index (χ1v) is 8.41. The van der Waals surface area contributed by atoms with E-state index in [-0.39, 0.29) is 0 Å². The molecule has 0 unspecified atom stereocenters. The number of pyridine rings is 1. The fourth-order valence-electron chi connectivity index (χ4n) is 2.65. The van der Waals surface area contributed by atoms with Gasteiger partial charge in [-0.15, -0.1) is 0 Å². The third-order valence-electron chi connectivity index (χ3n) is 4.40. The van der Waals surface area contributed by atoms with Gasteiger partial charge < -0.3 is 19.9 Å². The maximum atomic E-state index is 10.6. The highest BCUT2D eigenvalue weighted by Crippen LogP contribution is 2.49. The van der Waals surface area contributed by atoms with Gasteiger partial charge in [-0.1, -0.05) is 0 Å². The van der Waals surface area contributed by atoms with Crippen molar-refractivity contribution in [2.45, 2.75) is 37.4 Å². The second-order valence-corrected chi connectivity index (χ2v) is 6.39. The molecule has 0 radical (unpaired) electrons. The van der Waals surface area contributed by atoms with E-state index >= 15 is 0 Å². The van der Waals surface area contributed by atoms with Gasteiger partial charge in [-0.2, -0.15) is 13.2 Å². The zero-order chi connectivity index (χ0) is 19.2. The SMILES string of the molecule is COCC[C@@H]1C[C@H]1c1cncc(OC[C@@H]2CCN2)c1.O=C(O)C(F)(F)F. The normalized spacial score (nSPS) is 24.1. The molecule has 3 atom stereocenters. The summed E-state index contributed by atoms with van der Waals surface area (Å²) in [6, 6.07) is 2.68. The first-order valence-electron chi connectivity index (χ1n) is 8.41. The average Bonchev–Trinajstić information content (AvgIpc) is 3.31. The van der Waals surface area contributed by atoms with Crippen molar-refractivity contribution in [1.29, 1.82) is 0 Å². The maximum Gasteiger partial charge on any atom is 0.490 e. The summed E-state index contributed by atoms with van der Waals surface area (Å²) in [5.74, 6) is -0.422. The molecule has 9 heteroatoms. The van der Waals surface area contributed by atoms with Gasteiger partial charge in [0.1, 0.15) is 12.4 Å². The number of alkyl halides is 3. The van der Waals surface area contributed by atoms with Crippen molar-refractivity contribution in [3.8, 4) is 5.75 Å². The topological polar surface area (TPSA) is 80.7 Å². The molecule has 2 N–H and O–H groups in total. The molecule has 2 heterocycles. The summed E-state index contributed by atoms with van der Waals surface area (Å²) in [5, 5.41) is 10.5. The summed E-state index contributed by atoms with van der Waals surface area (Å²) in [5.41, 5.74) is 1.32. The van der Waals surface area contributed by atoms with Gasteiger partial charge >= 0.3 is 12.1 Å². The highest BCUT2D eigenvalue weighted by Gasteiger charge is 2.38.